The fraction of sp³-hybridized carbons (Fsp3) is 0.652. The molecular weight excluding hydrogens is 761 g/mol. The molecule has 0 radical (unpaired) electrons. The van der Waals surface area contributed by atoms with E-state index in [1.165, 1.54) is 4.68 Å². The van der Waals surface area contributed by atoms with Crippen LogP contribution in [-0.2, 0) is 50.1 Å². The summed E-state index contributed by atoms with van der Waals surface area (Å²) in [5, 5.41) is 4.89. The second-order valence-corrected chi connectivity index (χ2v) is 19.7. The van der Waals surface area contributed by atoms with E-state index in [1.807, 2.05) is 86.6 Å². The first-order chi connectivity index (χ1) is 28.2. The number of carbonyl (C=O) groups is 3. The van der Waals surface area contributed by atoms with Crippen molar-refractivity contribution in [3.05, 3.63) is 65.2 Å². The zero-order valence-corrected chi connectivity index (χ0v) is 38.1. The Morgan fingerprint density at radius 1 is 0.717 bits per heavy atom. The van der Waals surface area contributed by atoms with Crippen molar-refractivity contribution in [3.8, 4) is 0 Å². The number of esters is 2. The van der Waals surface area contributed by atoms with E-state index in [0.29, 0.717) is 25.9 Å². The Balaban J connectivity index is 1.27. The Morgan fingerprint density at radius 2 is 1.18 bits per heavy atom. The molecule has 0 saturated carbocycles. The lowest BCUT2D eigenvalue weighted by Crippen LogP contribution is -2.38. The van der Waals surface area contributed by atoms with Crippen LogP contribution in [0.15, 0.2) is 42.7 Å². The molecule has 60 heavy (non-hydrogen) atoms. The summed E-state index contributed by atoms with van der Waals surface area (Å²) < 4.78 is 18.7. The molecule has 5 rings (SSSR count). The van der Waals surface area contributed by atoms with E-state index in [9.17, 15) is 14.4 Å². The van der Waals surface area contributed by atoms with Crippen LogP contribution in [0, 0.1) is 10.8 Å². The molecule has 3 aromatic heterocycles. The molecule has 0 spiro atoms. The van der Waals surface area contributed by atoms with Crippen LogP contribution in [0.5, 0.6) is 0 Å². The number of carbonyl (C=O) groups excluding carboxylic acids is 3. The number of nitrogens with zero attached hydrogens (tertiary/aromatic N) is 8. The van der Waals surface area contributed by atoms with Crippen LogP contribution in [0.1, 0.15) is 124 Å². The minimum absolute atomic E-state index is 0.143. The van der Waals surface area contributed by atoms with Gasteiger partial charge in [0.15, 0.2) is 0 Å². The van der Waals surface area contributed by atoms with Gasteiger partial charge >= 0.3 is 18.0 Å². The lowest BCUT2D eigenvalue weighted by molar-refractivity contribution is -0.148. The maximum Gasteiger partial charge on any atom is 0.435 e. The molecule has 14 nitrogen and oxygen atoms in total. The van der Waals surface area contributed by atoms with E-state index in [2.05, 4.69) is 39.5 Å². The molecular formula is C46H70N8O6. The maximum absolute atomic E-state index is 13.7. The largest absolute Gasteiger partial charge is 0.461 e. The average Bonchev–Trinajstić information content (AvgIpc) is 3.93. The standard InChI is InChI=1S/C46H70N8O6/c1-12-50(36-18-22-52(28-36)41-33(16-14-20-47-41)31-58-39(55)25-44(3,4)5)27-35-24-38(54(49-35)43(57)60-46(9,10)11)30-51(13-2)37-19-23-53(29-37)42-34(17-15-21-48-42)32-59-40(56)26-45(6,7)8/h14-17,20-21,24,36-37H,12-13,18-19,22-23,25-32H2,1-11H3. The first kappa shape index (κ1) is 46.5. The number of hydrogen-bond donors (Lipinski definition) is 0. The summed E-state index contributed by atoms with van der Waals surface area (Å²) in [6.45, 7) is 28.3. The van der Waals surface area contributed by atoms with E-state index in [4.69, 9.17) is 29.3 Å². The Bertz CT molecular complexity index is 1910. The third kappa shape index (κ3) is 13.5. The van der Waals surface area contributed by atoms with Gasteiger partial charge in [0, 0.05) is 74.9 Å². The van der Waals surface area contributed by atoms with Crippen LogP contribution in [0.3, 0.4) is 0 Å². The first-order valence-corrected chi connectivity index (χ1v) is 21.7. The Hall–Kier alpha value is -4.56. The molecule has 0 aromatic carbocycles. The van der Waals surface area contributed by atoms with Crippen molar-refractivity contribution in [3.63, 3.8) is 0 Å². The molecule has 330 valence electrons. The molecule has 2 unspecified atom stereocenters. The quantitative estimate of drug-likeness (QED) is 0.104. The summed E-state index contributed by atoms with van der Waals surface area (Å²) in [5.74, 6) is 1.26. The highest BCUT2D eigenvalue weighted by Crippen LogP contribution is 2.29. The van der Waals surface area contributed by atoms with E-state index in [1.54, 1.807) is 12.4 Å². The van der Waals surface area contributed by atoms with Crippen molar-refractivity contribution >= 4 is 29.7 Å². The molecule has 2 aliphatic rings. The number of rotatable bonds is 16. The van der Waals surface area contributed by atoms with Crippen molar-refractivity contribution in [2.75, 3.05) is 49.1 Å². The van der Waals surface area contributed by atoms with Gasteiger partial charge in [-0.15, -0.1) is 0 Å². The predicted octanol–water partition coefficient (Wildman–Crippen LogP) is 7.62. The van der Waals surface area contributed by atoms with Crippen molar-refractivity contribution in [2.45, 2.75) is 146 Å². The summed E-state index contributed by atoms with van der Waals surface area (Å²) in [5.41, 5.74) is 2.40. The molecule has 0 aliphatic carbocycles. The number of likely N-dealkylation sites (N-methyl/N-ethyl adjacent to an activating group) is 2. The SMILES string of the molecule is CCN(Cc1cc(CN(CC)C2CCN(c3ncccc3COC(=O)CC(C)(C)C)C2)n(C(=O)OC(C)(C)C)n1)C1CCN(c2ncccc2COC(=O)CC(C)(C)C)C1. The summed E-state index contributed by atoms with van der Waals surface area (Å²) in [6.07, 6.45) is 5.64. The second-order valence-electron chi connectivity index (χ2n) is 19.7. The van der Waals surface area contributed by atoms with Gasteiger partial charge in [0.25, 0.3) is 0 Å². The topological polar surface area (TPSA) is 135 Å². The van der Waals surface area contributed by atoms with Gasteiger partial charge in [0.1, 0.15) is 30.5 Å². The average molecular weight is 831 g/mol. The molecule has 2 atom stereocenters. The van der Waals surface area contributed by atoms with Gasteiger partial charge in [-0.3, -0.25) is 19.4 Å². The summed E-state index contributed by atoms with van der Waals surface area (Å²) in [4.78, 5) is 57.6. The maximum atomic E-state index is 13.7. The Kier molecular flexibility index (Phi) is 15.4. The monoisotopic (exact) mass is 831 g/mol. The molecule has 14 heteroatoms. The van der Waals surface area contributed by atoms with Gasteiger partial charge in [-0.2, -0.15) is 9.78 Å². The van der Waals surface area contributed by atoms with E-state index < -0.39 is 11.7 Å². The molecule has 5 heterocycles. The highest BCUT2D eigenvalue weighted by molar-refractivity contribution is 5.71. The molecule has 0 amide bonds. The van der Waals surface area contributed by atoms with E-state index in [0.717, 1.165) is 86.3 Å². The third-order valence-electron chi connectivity index (χ3n) is 10.8. The summed E-state index contributed by atoms with van der Waals surface area (Å²) >= 11 is 0. The van der Waals surface area contributed by atoms with E-state index >= 15 is 0 Å². The fourth-order valence-electron chi connectivity index (χ4n) is 7.95. The van der Waals surface area contributed by atoms with Crippen LogP contribution >= 0.6 is 0 Å². The normalized spacial score (nSPS) is 17.5. The van der Waals surface area contributed by atoms with Crippen molar-refractivity contribution in [2.24, 2.45) is 10.8 Å². The van der Waals surface area contributed by atoms with Crippen LogP contribution < -0.4 is 9.80 Å². The van der Waals surface area contributed by atoms with Gasteiger partial charge in [0.05, 0.1) is 24.2 Å². The van der Waals surface area contributed by atoms with Crippen LogP contribution in [0.4, 0.5) is 16.4 Å². The third-order valence-corrected chi connectivity index (χ3v) is 10.8. The summed E-state index contributed by atoms with van der Waals surface area (Å²) in [7, 11) is 0. The van der Waals surface area contributed by atoms with Crippen LogP contribution in [-0.4, -0.2) is 105 Å². The van der Waals surface area contributed by atoms with Crippen LogP contribution in [0.2, 0.25) is 0 Å². The van der Waals surface area contributed by atoms with Crippen LogP contribution in [0.25, 0.3) is 0 Å². The Labute approximate surface area is 357 Å². The lowest BCUT2D eigenvalue weighted by Gasteiger charge is -2.28. The fourth-order valence-corrected chi connectivity index (χ4v) is 7.95. The van der Waals surface area contributed by atoms with Gasteiger partial charge in [-0.05, 0) is 75.7 Å². The summed E-state index contributed by atoms with van der Waals surface area (Å²) in [6, 6.07) is 10.2. The smallest absolute Gasteiger partial charge is 0.435 e. The van der Waals surface area contributed by atoms with Crippen molar-refractivity contribution < 1.29 is 28.6 Å². The highest BCUT2D eigenvalue weighted by atomic mass is 16.6. The minimum atomic E-state index is -0.684. The molecule has 2 fully saturated rings. The van der Waals surface area contributed by atoms with Crippen molar-refractivity contribution in [1.29, 1.82) is 0 Å². The first-order valence-electron chi connectivity index (χ1n) is 21.7. The number of aromatic nitrogens is 4. The molecule has 3 aromatic rings. The molecule has 0 bridgehead atoms. The minimum Gasteiger partial charge on any atom is -0.461 e. The van der Waals surface area contributed by atoms with Gasteiger partial charge in [-0.25, -0.2) is 14.8 Å². The molecule has 2 saturated heterocycles. The van der Waals surface area contributed by atoms with E-state index in [-0.39, 0.29) is 48.1 Å². The van der Waals surface area contributed by atoms with Gasteiger partial charge in [-0.1, -0.05) is 67.5 Å². The number of anilines is 2. The number of pyridine rings is 2. The number of ether oxygens (including phenoxy) is 3. The van der Waals surface area contributed by atoms with Crippen molar-refractivity contribution in [1.82, 2.24) is 29.5 Å². The Morgan fingerprint density at radius 3 is 1.62 bits per heavy atom. The predicted molar refractivity (Wildman–Crippen MR) is 233 cm³/mol. The van der Waals surface area contributed by atoms with Gasteiger partial charge < -0.3 is 24.0 Å². The van der Waals surface area contributed by atoms with Gasteiger partial charge in [0.2, 0.25) is 0 Å². The lowest BCUT2D eigenvalue weighted by atomic mass is 9.92. The molecule has 2 aliphatic heterocycles. The zero-order chi connectivity index (χ0) is 43.8. The number of hydrogen-bond acceptors (Lipinski definition) is 13. The second kappa shape index (κ2) is 19.9. The zero-order valence-electron chi connectivity index (χ0n) is 38.1. The highest BCUT2D eigenvalue weighted by Gasteiger charge is 2.33. The molecule has 0 N–H and O–H groups in total.